The summed E-state index contributed by atoms with van der Waals surface area (Å²) in [5.41, 5.74) is 4.54. The summed E-state index contributed by atoms with van der Waals surface area (Å²) in [6, 6.07) is 17.1. The Morgan fingerprint density at radius 1 is 1.13 bits per heavy atom. The second kappa shape index (κ2) is 13.7. The highest BCUT2D eigenvalue weighted by Crippen LogP contribution is 2.17. The molecule has 160 valence electrons. The van der Waals surface area contributed by atoms with Gasteiger partial charge in [0.25, 0.3) is 5.91 Å². The minimum Gasteiger partial charge on any atom is -0.482 e. The number of amides is 1. The van der Waals surface area contributed by atoms with Gasteiger partial charge >= 0.3 is 5.97 Å². The van der Waals surface area contributed by atoms with Gasteiger partial charge in [0.2, 0.25) is 0 Å². The van der Waals surface area contributed by atoms with Crippen molar-refractivity contribution in [1.29, 1.82) is 0 Å². The van der Waals surface area contributed by atoms with Crippen molar-refractivity contribution in [1.82, 2.24) is 5.43 Å². The summed E-state index contributed by atoms with van der Waals surface area (Å²) in [5, 5.41) is 3.79. The number of esters is 1. The first-order valence-electron chi connectivity index (χ1n) is 9.44. The molecule has 30 heavy (non-hydrogen) atoms. The summed E-state index contributed by atoms with van der Waals surface area (Å²) in [5.74, 6) is 1.56. The number of nitrogens with one attached hydrogen (secondary N) is 1. The van der Waals surface area contributed by atoms with E-state index in [0.29, 0.717) is 12.4 Å². The Kier molecular flexibility index (Phi) is 10.9. The van der Waals surface area contributed by atoms with Gasteiger partial charge < -0.3 is 9.47 Å². The van der Waals surface area contributed by atoms with Gasteiger partial charge in [0.05, 0.1) is 11.5 Å². The molecular weight excluding hydrogens is 420 g/mol. The van der Waals surface area contributed by atoms with Gasteiger partial charge in [-0.15, -0.1) is 11.8 Å². The van der Waals surface area contributed by atoms with E-state index in [9.17, 15) is 9.59 Å². The molecule has 2 aromatic rings. The Bertz CT molecular complexity index is 814. The summed E-state index contributed by atoms with van der Waals surface area (Å²) >= 11 is 3.17. The number of carbonyl (C=O) groups is 2. The predicted octanol–water partition coefficient (Wildman–Crippen LogP) is 3.74. The summed E-state index contributed by atoms with van der Waals surface area (Å²) in [6.45, 7) is 2.11. The molecule has 1 N–H and O–H groups in total. The van der Waals surface area contributed by atoms with Crippen LogP contribution in [-0.4, -0.2) is 48.6 Å². The van der Waals surface area contributed by atoms with E-state index in [4.69, 9.17) is 9.47 Å². The molecule has 0 aliphatic heterocycles. The minimum atomic E-state index is -0.392. The van der Waals surface area contributed by atoms with E-state index in [0.717, 1.165) is 17.1 Å². The number of hydrogen-bond donors (Lipinski definition) is 1. The maximum atomic E-state index is 12.1. The molecule has 0 aromatic heterocycles. The molecule has 1 amide bonds. The molecule has 0 aliphatic rings. The molecular formula is C22H26N2O4S2. The number of rotatable bonds is 12. The standard InChI is InChI=1S/C22H26N2O4S2/c1-17(30-16-19-6-4-3-5-7-19)22(26)24-23-14-18-8-10-20(11-9-18)28-15-21(25)27-12-13-29-2/h3-11,14,17H,12-13,15-16H2,1-2H3,(H,24,26). The highest BCUT2D eigenvalue weighted by molar-refractivity contribution is 7.99. The van der Waals surface area contributed by atoms with Gasteiger partial charge in [-0.05, 0) is 48.6 Å². The molecule has 0 bridgehead atoms. The number of benzene rings is 2. The predicted molar refractivity (Wildman–Crippen MR) is 124 cm³/mol. The summed E-state index contributed by atoms with van der Waals surface area (Å²) in [7, 11) is 0. The van der Waals surface area contributed by atoms with Crippen molar-refractivity contribution in [3.05, 3.63) is 65.7 Å². The number of thioether (sulfide) groups is 2. The smallest absolute Gasteiger partial charge is 0.344 e. The van der Waals surface area contributed by atoms with Crippen LogP contribution in [0.5, 0.6) is 5.75 Å². The van der Waals surface area contributed by atoms with E-state index < -0.39 is 5.97 Å². The molecule has 8 heteroatoms. The highest BCUT2D eigenvalue weighted by Gasteiger charge is 2.12. The van der Waals surface area contributed by atoms with Gasteiger partial charge in [-0.3, -0.25) is 4.79 Å². The molecule has 0 saturated carbocycles. The van der Waals surface area contributed by atoms with Crippen molar-refractivity contribution >= 4 is 41.6 Å². The Morgan fingerprint density at radius 3 is 2.57 bits per heavy atom. The lowest BCUT2D eigenvalue weighted by Gasteiger charge is -2.09. The molecule has 0 spiro atoms. The van der Waals surface area contributed by atoms with E-state index in [1.165, 1.54) is 5.56 Å². The first-order valence-corrected chi connectivity index (χ1v) is 11.9. The minimum absolute atomic E-state index is 0.129. The molecule has 0 fully saturated rings. The van der Waals surface area contributed by atoms with Crippen LogP contribution in [0.25, 0.3) is 0 Å². The van der Waals surface area contributed by atoms with Gasteiger partial charge in [-0.2, -0.15) is 16.9 Å². The van der Waals surface area contributed by atoms with Gasteiger partial charge in [0, 0.05) is 11.5 Å². The second-order valence-electron chi connectivity index (χ2n) is 6.24. The third-order valence-corrected chi connectivity index (χ3v) is 5.68. The fraction of sp³-hybridized carbons (Fsp3) is 0.318. The third-order valence-electron chi connectivity index (χ3n) is 3.89. The largest absolute Gasteiger partial charge is 0.482 e. The second-order valence-corrected chi connectivity index (χ2v) is 8.56. The Morgan fingerprint density at radius 2 is 1.87 bits per heavy atom. The fourth-order valence-corrected chi connectivity index (χ4v) is 3.29. The van der Waals surface area contributed by atoms with Crippen LogP contribution in [0.4, 0.5) is 0 Å². The van der Waals surface area contributed by atoms with Crippen molar-refractivity contribution < 1.29 is 19.1 Å². The molecule has 2 rings (SSSR count). The molecule has 0 heterocycles. The van der Waals surface area contributed by atoms with Crippen molar-refractivity contribution in [3.63, 3.8) is 0 Å². The molecule has 1 atom stereocenters. The zero-order chi connectivity index (χ0) is 21.6. The number of hydrazone groups is 1. The Labute approximate surface area is 185 Å². The highest BCUT2D eigenvalue weighted by atomic mass is 32.2. The van der Waals surface area contributed by atoms with Crippen LogP contribution in [0.3, 0.4) is 0 Å². The van der Waals surface area contributed by atoms with Crippen LogP contribution in [0.2, 0.25) is 0 Å². The van der Waals surface area contributed by atoms with E-state index in [-0.39, 0.29) is 17.8 Å². The number of hydrogen-bond acceptors (Lipinski definition) is 7. The number of carbonyl (C=O) groups excluding carboxylic acids is 2. The Hall–Kier alpha value is -2.45. The molecule has 0 radical (unpaired) electrons. The van der Waals surface area contributed by atoms with E-state index >= 15 is 0 Å². The molecule has 6 nitrogen and oxygen atoms in total. The molecule has 0 saturated heterocycles. The van der Waals surface area contributed by atoms with Crippen LogP contribution in [0, 0.1) is 0 Å². The van der Waals surface area contributed by atoms with Crippen LogP contribution >= 0.6 is 23.5 Å². The van der Waals surface area contributed by atoms with E-state index in [1.54, 1.807) is 54.0 Å². The quantitative estimate of drug-likeness (QED) is 0.232. The topological polar surface area (TPSA) is 77.0 Å². The Balaban J connectivity index is 1.70. The zero-order valence-electron chi connectivity index (χ0n) is 17.1. The molecule has 2 aromatic carbocycles. The summed E-state index contributed by atoms with van der Waals surface area (Å²) in [4.78, 5) is 23.7. The SMILES string of the molecule is CSCCOC(=O)COc1ccc(C=NNC(=O)C(C)SCc2ccccc2)cc1. The van der Waals surface area contributed by atoms with Gasteiger partial charge in [0.1, 0.15) is 12.4 Å². The lowest BCUT2D eigenvalue weighted by atomic mass is 10.2. The van der Waals surface area contributed by atoms with E-state index in [2.05, 4.69) is 10.5 Å². The monoisotopic (exact) mass is 446 g/mol. The molecule has 0 aliphatic carbocycles. The normalized spacial score (nSPS) is 11.8. The van der Waals surface area contributed by atoms with Crippen LogP contribution in [0.1, 0.15) is 18.1 Å². The van der Waals surface area contributed by atoms with Crippen LogP contribution < -0.4 is 10.2 Å². The van der Waals surface area contributed by atoms with Gasteiger partial charge in [-0.25, -0.2) is 10.2 Å². The van der Waals surface area contributed by atoms with E-state index in [1.807, 2.05) is 43.5 Å². The number of nitrogens with zero attached hydrogens (tertiary/aromatic N) is 1. The average molecular weight is 447 g/mol. The zero-order valence-corrected chi connectivity index (χ0v) is 18.7. The van der Waals surface area contributed by atoms with Crippen molar-refractivity contribution in [3.8, 4) is 5.75 Å². The number of ether oxygens (including phenoxy) is 2. The average Bonchev–Trinajstić information content (AvgIpc) is 2.77. The maximum absolute atomic E-state index is 12.1. The maximum Gasteiger partial charge on any atom is 0.344 e. The summed E-state index contributed by atoms with van der Waals surface area (Å²) in [6.07, 6.45) is 3.51. The van der Waals surface area contributed by atoms with Gasteiger partial charge in [0.15, 0.2) is 6.61 Å². The first-order chi connectivity index (χ1) is 14.6. The first kappa shape index (κ1) is 23.8. The fourth-order valence-electron chi connectivity index (χ4n) is 2.21. The van der Waals surface area contributed by atoms with Crippen molar-refractivity contribution in [2.24, 2.45) is 5.10 Å². The van der Waals surface area contributed by atoms with Crippen molar-refractivity contribution in [2.75, 3.05) is 25.2 Å². The molecule has 1 unspecified atom stereocenters. The van der Waals surface area contributed by atoms with Crippen LogP contribution in [-0.2, 0) is 20.1 Å². The third kappa shape index (κ3) is 9.37. The van der Waals surface area contributed by atoms with Gasteiger partial charge in [-0.1, -0.05) is 30.3 Å². The lowest BCUT2D eigenvalue weighted by molar-refractivity contribution is -0.145. The van der Waals surface area contributed by atoms with Crippen LogP contribution in [0.15, 0.2) is 59.7 Å². The van der Waals surface area contributed by atoms with Crippen molar-refractivity contribution in [2.45, 2.75) is 17.9 Å². The lowest BCUT2D eigenvalue weighted by Crippen LogP contribution is -2.26. The summed E-state index contributed by atoms with van der Waals surface area (Å²) < 4.78 is 10.4.